The molecule has 0 aromatic heterocycles. The highest BCUT2D eigenvalue weighted by atomic mass is 79.9. The number of carboxylic acid groups (broad SMARTS) is 1. The molecule has 0 amide bonds. The quantitative estimate of drug-likeness (QED) is 0.564. The number of carbonyl (C=O) groups is 1. The summed E-state index contributed by atoms with van der Waals surface area (Å²) in [6.45, 7) is 3.86. The summed E-state index contributed by atoms with van der Waals surface area (Å²) in [5.41, 5.74) is 1.56. The minimum Gasteiger partial charge on any atom is -0.493 e. The van der Waals surface area contributed by atoms with Crippen molar-refractivity contribution in [3.05, 3.63) is 58.1 Å². The van der Waals surface area contributed by atoms with Crippen LogP contribution in [0.5, 0.6) is 11.5 Å². The molecule has 0 spiro atoms. The van der Waals surface area contributed by atoms with Crippen LogP contribution in [0.25, 0.3) is 11.6 Å². The number of carboxylic acids is 1. The second-order valence-corrected chi connectivity index (χ2v) is 6.28. The molecule has 0 heterocycles. The van der Waals surface area contributed by atoms with E-state index < -0.39 is 5.97 Å². The Bertz CT molecular complexity index is 751. The minimum absolute atomic E-state index is 0.00417. The molecule has 0 saturated carbocycles. The smallest absolute Gasteiger partial charge is 0.336 e. The summed E-state index contributed by atoms with van der Waals surface area (Å²) < 4.78 is 11.8. The van der Waals surface area contributed by atoms with Crippen LogP contribution in [0, 0.1) is 0 Å². The maximum absolute atomic E-state index is 11.6. The van der Waals surface area contributed by atoms with Crippen molar-refractivity contribution >= 4 is 33.5 Å². The molecular formula is C19H19BrO4. The fourth-order valence-electron chi connectivity index (χ4n) is 2.23. The number of halogens is 1. The van der Waals surface area contributed by atoms with Crippen LogP contribution in [-0.4, -0.2) is 24.3 Å². The molecule has 0 saturated heterocycles. The monoisotopic (exact) mass is 390 g/mol. The molecule has 0 unspecified atom stereocenters. The van der Waals surface area contributed by atoms with Crippen molar-refractivity contribution in [3.8, 4) is 11.5 Å². The second kappa shape index (κ2) is 8.02. The summed E-state index contributed by atoms with van der Waals surface area (Å²) in [6.07, 6.45) is 1.61. The average Bonchev–Trinajstić information content (AvgIpc) is 2.54. The molecular weight excluding hydrogens is 372 g/mol. The Morgan fingerprint density at radius 2 is 1.88 bits per heavy atom. The maximum Gasteiger partial charge on any atom is 0.336 e. The maximum atomic E-state index is 11.6. The zero-order chi connectivity index (χ0) is 17.7. The van der Waals surface area contributed by atoms with E-state index in [4.69, 9.17) is 9.47 Å². The average molecular weight is 391 g/mol. The molecule has 2 aromatic rings. The Balaban J connectivity index is 2.51. The first kappa shape index (κ1) is 18.1. The third-order valence-electron chi connectivity index (χ3n) is 3.23. The van der Waals surface area contributed by atoms with E-state index in [2.05, 4.69) is 15.9 Å². The van der Waals surface area contributed by atoms with Gasteiger partial charge in [0.05, 0.1) is 23.3 Å². The Kier molecular flexibility index (Phi) is 6.04. The Morgan fingerprint density at radius 1 is 1.21 bits per heavy atom. The van der Waals surface area contributed by atoms with Crippen LogP contribution in [0.15, 0.2) is 46.9 Å². The van der Waals surface area contributed by atoms with E-state index in [-0.39, 0.29) is 11.7 Å². The Hall–Kier alpha value is -2.27. The van der Waals surface area contributed by atoms with Crippen LogP contribution >= 0.6 is 15.9 Å². The first-order chi connectivity index (χ1) is 11.4. The van der Waals surface area contributed by atoms with E-state index in [0.717, 1.165) is 0 Å². The Labute approximate surface area is 149 Å². The largest absolute Gasteiger partial charge is 0.493 e. The fourth-order valence-corrected chi connectivity index (χ4v) is 2.78. The van der Waals surface area contributed by atoms with Gasteiger partial charge in [-0.1, -0.05) is 30.3 Å². The molecule has 0 aliphatic rings. The van der Waals surface area contributed by atoms with Crippen LogP contribution in [0.1, 0.15) is 25.0 Å². The molecule has 0 radical (unpaired) electrons. The first-order valence-corrected chi connectivity index (χ1v) is 8.26. The lowest BCUT2D eigenvalue weighted by atomic mass is 10.0. The van der Waals surface area contributed by atoms with Crippen molar-refractivity contribution in [3.63, 3.8) is 0 Å². The number of hydrogen-bond acceptors (Lipinski definition) is 3. The zero-order valence-electron chi connectivity index (χ0n) is 13.7. The molecule has 4 nitrogen and oxygen atoms in total. The normalized spacial score (nSPS) is 11.5. The highest BCUT2D eigenvalue weighted by Crippen LogP contribution is 2.38. The summed E-state index contributed by atoms with van der Waals surface area (Å²) in [5, 5.41) is 9.52. The van der Waals surface area contributed by atoms with Gasteiger partial charge in [0.1, 0.15) is 0 Å². The Morgan fingerprint density at radius 3 is 2.42 bits per heavy atom. The third-order valence-corrected chi connectivity index (χ3v) is 3.82. The van der Waals surface area contributed by atoms with Gasteiger partial charge in [0.15, 0.2) is 11.5 Å². The van der Waals surface area contributed by atoms with Crippen LogP contribution < -0.4 is 9.47 Å². The summed E-state index contributed by atoms with van der Waals surface area (Å²) in [5.74, 6) is 0.155. The molecule has 2 rings (SSSR count). The van der Waals surface area contributed by atoms with E-state index in [1.54, 1.807) is 31.4 Å². The van der Waals surface area contributed by atoms with E-state index in [1.807, 2.05) is 38.1 Å². The summed E-state index contributed by atoms with van der Waals surface area (Å²) in [6, 6.07) is 12.6. The van der Waals surface area contributed by atoms with Crippen molar-refractivity contribution in [2.45, 2.75) is 20.0 Å². The fraction of sp³-hybridized carbons (Fsp3) is 0.211. The minimum atomic E-state index is -0.987. The van der Waals surface area contributed by atoms with Crippen molar-refractivity contribution in [1.82, 2.24) is 0 Å². The predicted molar refractivity (Wildman–Crippen MR) is 98.4 cm³/mol. The summed E-state index contributed by atoms with van der Waals surface area (Å²) in [7, 11) is 1.55. The first-order valence-electron chi connectivity index (χ1n) is 7.47. The van der Waals surface area contributed by atoms with Crippen molar-refractivity contribution < 1.29 is 19.4 Å². The van der Waals surface area contributed by atoms with E-state index in [0.29, 0.717) is 27.1 Å². The van der Waals surface area contributed by atoms with Crippen LogP contribution in [0.4, 0.5) is 0 Å². The van der Waals surface area contributed by atoms with Gasteiger partial charge < -0.3 is 14.6 Å². The van der Waals surface area contributed by atoms with Crippen LogP contribution in [0.3, 0.4) is 0 Å². The number of hydrogen-bond donors (Lipinski definition) is 1. The van der Waals surface area contributed by atoms with Crippen molar-refractivity contribution in [1.29, 1.82) is 0 Å². The molecule has 2 aromatic carbocycles. The number of benzene rings is 2. The second-order valence-electron chi connectivity index (χ2n) is 5.43. The molecule has 0 bridgehead atoms. The van der Waals surface area contributed by atoms with Crippen LogP contribution in [0.2, 0.25) is 0 Å². The third kappa shape index (κ3) is 4.38. The van der Waals surface area contributed by atoms with Gasteiger partial charge in [-0.15, -0.1) is 0 Å². The lowest BCUT2D eigenvalue weighted by Crippen LogP contribution is -2.07. The lowest BCUT2D eigenvalue weighted by Gasteiger charge is -2.16. The van der Waals surface area contributed by atoms with Gasteiger partial charge in [-0.3, -0.25) is 0 Å². The summed E-state index contributed by atoms with van der Waals surface area (Å²) in [4.78, 5) is 11.6. The topological polar surface area (TPSA) is 55.8 Å². The van der Waals surface area contributed by atoms with E-state index >= 15 is 0 Å². The number of rotatable bonds is 6. The number of methoxy groups -OCH3 is 1. The number of aliphatic carboxylic acids is 1. The SMILES string of the molecule is COc1cc(/C=C(/C(=O)O)c2ccccc2)cc(Br)c1OC(C)C. The molecule has 0 atom stereocenters. The van der Waals surface area contributed by atoms with Gasteiger partial charge in [-0.25, -0.2) is 4.79 Å². The molecule has 1 N–H and O–H groups in total. The van der Waals surface area contributed by atoms with Crippen molar-refractivity contribution in [2.24, 2.45) is 0 Å². The lowest BCUT2D eigenvalue weighted by molar-refractivity contribution is -0.130. The predicted octanol–water partition coefficient (Wildman–Crippen LogP) is 4.87. The molecule has 126 valence electrons. The van der Waals surface area contributed by atoms with Gasteiger partial charge in [0.2, 0.25) is 0 Å². The summed E-state index contributed by atoms with van der Waals surface area (Å²) >= 11 is 3.47. The molecule has 0 fully saturated rings. The van der Waals surface area contributed by atoms with Gasteiger partial charge >= 0.3 is 5.97 Å². The zero-order valence-corrected chi connectivity index (χ0v) is 15.3. The van der Waals surface area contributed by atoms with Gasteiger partial charge in [0, 0.05) is 0 Å². The highest BCUT2D eigenvalue weighted by molar-refractivity contribution is 9.10. The van der Waals surface area contributed by atoms with E-state index in [1.165, 1.54) is 0 Å². The van der Waals surface area contributed by atoms with Crippen molar-refractivity contribution in [2.75, 3.05) is 7.11 Å². The van der Waals surface area contributed by atoms with E-state index in [9.17, 15) is 9.90 Å². The standard InChI is InChI=1S/C19H19BrO4/c1-12(2)24-18-16(20)10-13(11-17(18)23-3)9-15(19(21)22)14-7-5-4-6-8-14/h4-12H,1-3H3,(H,21,22)/b15-9+. The van der Waals surface area contributed by atoms with Gasteiger partial charge in [-0.2, -0.15) is 0 Å². The number of ether oxygens (including phenoxy) is 2. The molecule has 0 aliphatic carbocycles. The van der Waals surface area contributed by atoms with Gasteiger partial charge in [0.25, 0.3) is 0 Å². The highest BCUT2D eigenvalue weighted by Gasteiger charge is 2.15. The van der Waals surface area contributed by atoms with Crippen LogP contribution in [-0.2, 0) is 4.79 Å². The molecule has 0 aliphatic heterocycles. The van der Waals surface area contributed by atoms with Gasteiger partial charge in [-0.05, 0) is 59.1 Å². The molecule has 24 heavy (non-hydrogen) atoms. The molecule has 5 heteroatoms.